The van der Waals surface area contributed by atoms with Crippen molar-refractivity contribution in [2.75, 3.05) is 0 Å². The van der Waals surface area contributed by atoms with Gasteiger partial charge in [0.15, 0.2) is 0 Å². The highest BCUT2D eigenvalue weighted by atomic mass is 14.4. The molecule has 1 aliphatic heterocycles. The molecule has 58 valence electrons. The van der Waals surface area contributed by atoms with Crippen molar-refractivity contribution in [2.24, 2.45) is 5.41 Å². The standard InChI is InChI=1S/C9H19B/c1-8(2,3)6-7-9(4,5)10-7/h7,10H,6H2,1-5H3. The van der Waals surface area contributed by atoms with E-state index < -0.39 is 0 Å². The van der Waals surface area contributed by atoms with E-state index >= 15 is 0 Å². The van der Waals surface area contributed by atoms with Crippen LogP contribution in [0.4, 0.5) is 0 Å². The van der Waals surface area contributed by atoms with Gasteiger partial charge in [-0.1, -0.05) is 52.2 Å². The molecule has 0 aromatic carbocycles. The Balaban J connectivity index is 2.31. The van der Waals surface area contributed by atoms with E-state index in [1.165, 1.54) is 13.7 Å². The van der Waals surface area contributed by atoms with E-state index in [4.69, 9.17) is 0 Å². The summed E-state index contributed by atoms with van der Waals surface area (Å²) in [6.07, 6.45) is 1.40. The zero-order valence-corrected chi connectivity index (χ0v) is 7.99. The van der Waals surface area contributed by atoms with Gasteiger partial charge in [-0.05, 0) is 5.41 Å². The second kappa shape index (κ2) is 2.02. The van der Waals surface area contributed by atoms with Gasteiger partial charge in [0.1, 0.15) is 7.28 Å². The average Bonchev–Trinajstić information content (AvgIpc) is 2.05. The molecule has 0 nitrogen and oxygen atoms in total. The Morgan fingerprint density at radius 2 is 1.70 bits per heavy atom. The van der Waals surface area contributed by atoms with E-state index in [0.29, 0.717) is 10.7 Å². The molecule has 1 unspecified atom stereocenters. The third kappa shape index (κ3) is 2.03. The van der Waals surface area contributed by atoms with Crippen LogP contribution in [-0.2, 0) is 0 Å². The van der Waals surface area contributed by atoms with E-state index in [9.17, 15) is 0 Å². The van der Waals surface area contributed by atoms with Gasteiger partial charge < -0.3 is 0 Å². The van der Waals surface area contributed by atoms with Crippen LogP contribution in [0.3, 0.4) is 0 Å². The predicted octanol–water partition coefficient (Wildman–Crippen LogP) is 2.86. The maximum Gasteiger partial charge on any atom is 0.130 e. The molecule has 0 spiro atoms. The van der Waals surface area contributed by atoms with E-state index in [1.807, 2.05) is 0 Å². The topological polar surface area (TPSA) is 0 Å². The summed E-state index contributed by atoms with van der Waals surface area (Å²) in [6.45, 7) is 11.8. The Bertz CT molecular complexity index is 130. The fourth-order valence-electron chi connectivity index (χ4n) is 1.66. The van der Waals surface area contributed by atoms with Gasteiger partial charge >= 0.3 is 0 Å². The molecule has 0 aliphatic carbocycles. The second-order valence-electron chi connectivity index (χ2n) is 5.65. The maximum atomic E-state index is 2.38. The maximum absolute atomic E-state index is 2.38. The smallest absolute Gasteiger partial charge is 0.0672 e. The lowest BCUT2D eigenvalue weighted by Gasteiger charge is -2.19. The quantitative estimate of drug-likeness (QED) is 0.488. The largest absolute Gasteiger partial charge is 0.130 e. The van der Waals surface area contributed by atoms with Gasteiger partial charge in [-0.15, -0.1) is 0 Å². The molecule has 1 aliphatic rings. The van der Waals surface area contributed by atoms with Crippen LogP contribution in [0.5, 0.6) is 0 Å². The summed E-state index contributed by atoms with van der Waals surface area (Å²) < 4.78 is 0. The van der Waals surface area contributed by atoms with Crippen molar-refractivity contribution in [2.45, 2.75) is 52.2 Å². The van der Waals surface area contributed by atoms with Crippen molar-refractivity contribution in [1.29, 1.82) is 0 Å². The molecular weight excluding hydrogens is 119 g/mol. The van der Waals surface area contributed by atoms with Crippen LogP contribution >= 0.6 is 0 Å². The minimum Gasteiger partial charge on any atom is -0.0672 e. The van der Waals surface area contributed by atoms with Gasteiger partial charge in [-0.2, -0.15) is 0 Å². The zero-order valence-electron chi connectivity index (χ0n) is 7.99. The van der Waals surface area contributed by atoms with Crippen LogP contribution in [0.1, 0.15) is 41.0 Å². The molecule has 10 heavy (non-hydrogen) atoms. The molecule has 0 aromatic rings. The second-order valence-corrected chi connectivity index (χ2v) is 5.65. The fourth-order valence-corrected chi connectivity index (χ4v) is 1.66. The van der Waals surface area contributed by atoms with Gasteiger partial charge in [0, 0.05) is 0 Å². The molecule has 1 heteroatoms. The molecule has 0 amide bonds. The normalized spacial score (nSPS) is 29.5. The van der Waals surface area contributed by atoms with Crippen molar-refractivity contribution in [1.82, 2.24) is 0 Å². The van der Waals surface area contributed by atoms with Gasteiger partial charge in [0.25, 0.3) is 0 Å². The van der Waals surface area contributed by atoms with Gasteiger partial charge in [0.05, 0.1) is 0 Å². The third-order valence-electron chi connectivity index (χ3n) is 2.58. The van der Waals surface area contributed by atoms with Crippen molar-refractivity contribution in [3.63, 3.8) is 0 Å². The lowest BCUT2D eigenvalue weighted by Crippen LogP contribution is -2.04. The summed E-state index contributed by atoms with van der Waals surface area (Å²) >= 11 is 0. The molecule has 1 heterocycles. The first kappa shape index (κ1) is 8.16. The minimum absolute atomic E-state index is 0.540. The zero-order chi connectivity index (χ0) is 7.99. The van der Waals surface area contributed by atoms with Crippen LogP contribution < -0.4 is 0 Å². The van der Waals surface area contributed by atoms with Crippen LogP contribution in [-0.4, -0.2) is 7.28 Å². The molecule has 1 atom stereocenters. The lowest BCUT2D eigenvalue weighted by atomic mass is 9.85. The SMILES string of the molecule is CC(C)(C)CC1BC1(C)C. The van der Waals surface area contributed by atoms with Crippen molar-refractivity contribution in [3.8, 4) is 0 Å². The highest BCUT2D eigenvalue weighted by Gasteiger charge is 2.47. The summed E-state index contributed by atoms with van der Waals surface area (Å²) in [5, 5.41) is 0.674. The Labute approximate surface area is 65.6 Å². The summed E-state index contributed by atoms with van der Waals surface area (Å²) in [4.78, 5) is 0. The molecule has 0 N–H and O–H groups in total. The molecule has 0 saturated carbocycles. The summed E-state index contributed by atoms with van der Waals surface area (Å²) in [5.41, 5.74) is 0.540. The van der Waals surface area contributed by atoms with Gasteiger partial charge in [-0.25, -0.2) is 0 Å². The fraction of sp³-hybridized carbons (Fsp3) is 1.00. The first-order valence-electron chi connectivity index (χ1n) is 4.31. The summed E-state index contributed by atoms with van der Waals surface area (Å²) in [5.74, 6) is 1.01. The van der Waals surface area contributed by atoms with Crippen LogP contribution in [0.15, 0.2) is 0 Å². The summed E-state index contributed by atoms with van der Waals surface area (Å²) in [6, 6.07) is 0. The van der Waals surface area contributed by atoms with Crippen LogP contribution in [0.25, 0.3) is 0 Å². The van der Waals surface area contributed by atoms with Crippen molar-refractivity contribution < 1.29 is 0 Å². The van der Waals surface area contributed by atoms with Crippen molar-refractivity contribution >= 4 is 7.28 Å². The van der Waals surface area contributed by atoms with E-state index in [0.717, 1.165) is 5.82 Å². The summed E-state index contributed by atoms with van der Waals surface area (Å²) in [7, 11) is 1.45. The molecule has 1 rings (SSSR count). The number of hydrogen-bond donors (Lipinski definition) is 0. The first-order chi connectivity index (χ1) is 4.31. The highest BCUT2D eigenvalue weighted by Crippen LogP contribution is 2.60. The predicted molar refractivity (Wildman–Crippen MR) is 49.0 cm³/mol. The van der Waals surface area contributed by atoms with Crippen LogP contribution in [0.2, 0.25) is 11.1 Å². The molecule has 0 bridgehead atoms. The Kier molecular flexibility index (Phi) is 1.65. The van der Waals surface area contributed by atoms with E-state index in [1.54, 1.807) is 0 Å². The van der Waals surface area contributed by atoms with E-state index in [-0.39, 0.29) is 0 Å². The van der Waals surface area contributed by atoms with Crippen molar-refractivity contribution in [3.05, 3.63) is 0 Å². The molecular formula is C9H19B. The Morgan fingerprint density at radius 1 is 1.30 bits per heavy atom. The number of hydrogen-bond acceptors (Lipinski definition) is 0. The monoisotopic (exact) mass is 138 g/mol. The molecule has 0 radical (unpaired) electrons. The third-order valence-corrected chi connectivity index (χ3v) is 2.58. The Hall–Kier alpha value is 0.0649. The average molecular weight is 138 g/mol. The number of rotatable bonds is 1. The van der Waals surface area contributed by atoms with Gasteiger partial charge in [-0.3, -0.25) is 0 Å². The van der Waals surface area contributed by atoms with Gasteiger partial charge in [0.2, 0.25) is 0 Å². The van der Waals surface area contributed by atoms with E-state index in [2.05, 4.69) is 34.6 Å². The molecule has 1 saturated heterocycles. The lowest BCUT2D eigenvalue weighted by molar-refractivity contribution is 0.367. The van der Waals surface area contributed by atoms with Crippen LogP contribution in [0, 0.1) is 5.41 Å². The minimum atomic E-state index is 0.540. The highest BCUT2D eigenvalue weighted by molar-refractivity contribution is 6.56. The molecule has 1 fully saturated rings. The Morgan fingerprint density at radius 3 is 1.80 bits per heavy atom. The first-order valence-corrected chi connectivity index (χ1v) is 4.31. The molecule has 0 aromatic heterocycles.